The van der Waals surface area contributed by atoms with Crippen molar-refractivity contribution in [1.82, 2.24) is 5.32 Å². The van der Waals surface area contributed by atoms with Crippen molar-refractivity contribution in [2.24, 2.45) is 0 Å². The second kappa shape index (κ2) is 6.92. The lowest BCUT2D eigenvalue weighted by Gasteiger charge is -2.04. The van der Waals surface area contributed by atoms with Gasteiger partial charge in [-0.2, -0.15) is 0 Å². The van der Waals surface area contributed by atoms with E-state index < -0.39 is 0 Å². The van der Waals surface area contributed by atoms with Crippen molar-refractivity contribution < 1.29 is 4.79 Å². The van der Waals surface area contributed by atoms with Crippen LogP contribution in [-0.2, 0) is 11.2 Å². The Kier molecular flexibility index (Phi) is 5.45. The number of rotatable bonds is 5. The average molecular weight is 236 g/mol. The number of hydrogen-bond acceptors (Lipinski definition) is 1. The van der Waals surface area contributed by atoms with Crippen LogP contribution in [0.1, 0.15) is 18.4 Å². The third-order valence-electron chi connectivity index (χ3n) is 2.10. The van der Waals surface area contributed by atoms with Crippen LogP contribution in [0, 0.1) is 12.3 Å². The molecule has 0 unspecified atom stereocenters. The van der Waals surface area contributed by atoms with E-state index in [1.807, 2.05) is 12.1 Å². The summed E-state index contributed by atoms with van der Waals surface area (Å²) in [6.07, 6.45) is 7.01. The Labute approximate surface area is 101 Å². The number of carbonyl (C=O) groups excluding carboxylic acids is 1. The van der Waals surface area contributed by atoms with Crippen LogP contribution in [0.15, 0.2) is 24.3 Å². The molecule has 3 heteroatoms. The van der Waals surface area contributed by atoms with Crippen LogP contribution in [0.2, 0.25) is 5.02 Å². The molecule has 0 atom stereocenters. The fourth-order valence-electron chi connectivity index (χ4n) is 1.27. The van der Waals surface area contributed by atoms with Crippen molar-refractivity contribution in [3.05, 3.63) is 34.9 Å². The molecule has 0 aliphatic carbocycles. The van der Waals surface area contributed by atoms with Gasteiger partial charge in [-0.05, 0) is 24.1 Å². The van der Waals surface area contributed by atoms with Crippen LogP contribution in [0.25, 0.3) is 0 Å². The molecule has 0 aliphatic heterocycles. The average Bonchev–Trinajstić information content (AvgIpc) is 2.28. The Morgan fingerprint density at radius 3 is 2.69 bits per heavy atom. The van der Waals surface area contributed by atoms with Gasteiger partial charge in [0.25, 0.3) is 0 Å². The van der Waals surface area contributed by atoms with Gasteiger partial charge < -0.3 is 5.32 Å². The first-order chi connectivity index (χ1) is 7.72. The third-order valence-corrected chi connectivity index (χ3v) is 2.35. The number of amides is 1. The van der Waals surface area contributed by atoms with Crippen LogP contribution in [0.5, 0.6) is 0 Å². The first-order valence-corrected chi connectivity index (χ1v) is 5.55. The van der Waals surface area contributed by atoms with Gasteiger partial charge in [-0.1, -0.05) is 23.7 Å². The molecule has 0 spiro atoms. The quantitative estimate of drug-likeness (QED) is 0.616. The molecule has 2 nitrogen and oxygen atoms in total. The minimum atomic E-state index is 0.0133. The summed E-state index contributed by atoms with van der Waals surface area (Å²) in [5.74, 6) is 2.54. The molecule has 1 N–H and O–H groups in total. The molecule has 1 aromatic carbocycles. The second-order valence-corrected chi connectivity index (χ2v) is 3.90. The molecule has 1 rings (SSSR count). The monoisotopic (exact) mass is 235 g/mol. The molecule has 1 aromatic rings. The summed E-state index contributed by atoms with van der Waals surface area (Å²) in [6.45, 7) is 0.636. The van der Waals surface area contributed by atoms with Crippen LogP contribution in [0.4, 0.5) is 0 Å². The van der Waals surface area contributed by atoms with Gasteiger partial charge in [0.2, 0.25) is 5.91 Å². The molecule has 0 saturated carbocycles. The maximum atomic E-state index is 11.5. The van der Waals surface area contributed by atoms with Gasteiger partial charge >= 0.3 is 0 Å². The normalized spacial score (nSPS) is 9.50. The van der Waals surface area contributed by atoms with E-state index in [1.54, 1.807) is 12.1 Å². The number of terminal acetylenes is 1. The highest BCUT2D eigenvalue weighted by Gasteiger charge is 2.01. The number of benzene rings is 1. The fraction of sp³-hybridized carbons (Fsp3) is 0.308. The van der Waals surface area contributed by atoms with Crippen LogP contribution >= 0.6 is 11.6 Å². The largest absolute Gasteiger partial charge is 0.356 e. The lowest BCUT2D eigenvalue weighted by Crippen LogP contribution is -2.25. The Balaban J connectivity index is 2.29. The summed E-state index contributed by atoms with van der Waals surface area (Å²) in [4.78, 5) is 11.5. The third kappa shape index (κ3) is 4.86. The molecule has 84 valence electrons. The summed E-state index contributed by atoms with van der Waals surface area (Å²) in [6, 6.07) is 7.26. The van der Waals surface area contributed by atoms with E-state index in [0.717, 1.165) is 12.0 Å². The van der Waals surface area contributed by atoms with Crippen molar-refractivity contribution in [1.29, 1.82) is 0 Å². The van der Waals surface area contributed by atoms with Crippen molar-refractivity contribution in [2.75, 3.05) is 6.54 Å². The summed E-state index contributed by atoms with van der Waals surface area (Å²) < 4.78 is 0. The summed E-state index contributed by atoms with van der Waals surface area (Å²) in [5.41, 5.74) is 0.957. The zero-order chi connectivity index (χ0) is 11.8. The summed E-state index contributed by atoms with van der Waals surface area (Å²) in [7, 11) is 0. The maximum Gasteiger partial charge on any atom is 0.224 e. The van der Waals surface area contributed by atoms with Gasteiger partial charge in [0.15, 0.2) is 0 Å². The van der Waals surface area contributed by atoms with E-state index in [1.165, 1.54) is 0 Å². The van der Waals surface area contributed by atoms with Crippen LogP contribution < -0.4 is 5.32 Å². The predicted octanol–water partition coefficient (Wildman–Crippen LogP) is 2.41. The van der Waals surface area contributed by atoms with Crippen LogP contribution in [-0.4, -0.2) is 12.5 Å². The minimum Gasteiger partial charge on any atom is -0.356 e. The molecule has 0 aromatic heterocycles. The lowest BCUT2D eigenvalue weighted by atomic mass is 10.1. The molecule has 0 bridgehead atoms. The number of carbonyl (C=O) groups is 1. The fourth-order valence-corrected chi connectivity index (χ4v) is 1.39. The number of hydrogen-bond donors (Lipinski definition) is 1. The van der Waals surface area contributed by atoms with Gasteiger partial charge in [-0.15, -0.1) is 12.3 Å². The van der Waals surface area contributed by atoms with Gasteiger partial charge in [0.05, 0.1) is 6.42 Å². The number of halogens is 1. The van der Waals surface area contributed by atoms with E-state index in [9.17, 15) is 4.79 Å². The van der Waals surface area contributed by atoms with E-state index in [4.69, 9.17) is 18.0 Å². The minimum absolute atomic E-state index is 0.0133. The number of nitrogens with one attached hydrogen (secondary N) is 1. The summed E-state index contributed by atoms with van der Waals surface area (Å²) >= 11 is 5.75. The Morgan fingerprint density at radius 2 is 2.06 bits per heavy atom. The highest BCUT2D eigenvalue weighted by atomic mass is 35.5. The molecule has 0 radical (unpaired) electrons. The second-order valence-electron chi connectivity index (χ2n) is 3.46. The Morgan fingerprint density at radius 1 is 1.38 bits per heavy atom. The van der Waals surface area contributed by atoms with Crippen molar-refractivity contribution in [2.45, 2.75) is 19.3 Å². The van der Waals surface area contributed by atoms with E-state index in [2.05, 4.69) is 11.2 Å². The van der Waals surface area contributed by atoms with E-state index in [0.29, 0.717) is 24.4 Å². The van der Waals surface area contributed by atoms with E-state index in [-0.39, 0.29) is 5.91 Å². The lowest BCUT2D eigenvalue weighted by molar-refractivity contribution is -0.120. The SMILES string of the molecule is C#CCCCNC(=O)Cc1ccc(Cl)cc1. The first kappa shape index (κ1) is 12.6. The van der Waals surface area contributed by atoms with Gasteiger partial charge in [-0.3, -0.25) is 4.79 Å². The molecule has 0 aliphatic rings. The standard InChI is InChI=1S/C13H14ClNO/c1-2-3-4-9-15-13(16)10-11-5-7-12(14)8-6-11/h1,5-8H,3-4,9-10H2,(H,15,16). The van der Waals surface area contributed by atoms with Crippen molar-refractivity contribution >= 4 is 17.5 Å². The van der Waals surface area contributed by atoms with Crippen molar-refractivity contribution in [3.63, 3.8) is 0 Å². The summed E-state index contributed by atoms with van der Waals surface area (Å²) in [5, 5.41) is 3.49. The molecule has 0 heterocycles. The smallest absolute Gasteiger partial charge is 0.224 e. The molecule has 0 fully saturated rings. The maximum absolute atomic E-state index is 11.5. The topological polar surface area (TPSA) is 29.1 Å². The molecule has 16 heavy (non-hydrogen) atoms. The van der Waals surface area contributed by atoms with Gasteiger partial charge in [0, 0.05) is 18.0 Å². The molecule has 1 amide bonds. The van der Waals surface area contributed by atoms with Crippen LogP contribution in [0.3, 0.4) is 0 Å². The number of unbranched alkanes of at least 4 members (excludes halogenated alkanes) is 1. The zero-order valence-corrected chi connectivity index (χ0v) is 9.76. The highest BCUT2D eigenvalue weighted by molar-refractivity contribution is 6.30. The molecular weight excluding hydrogens is 222 g/mol. The van der Waals surface area contributed by atoms with Gasteiger partial charge in [-0.25, -0.2) is 0 Å². The van der Waals surface area contributed by atoms with Gasteiger partial charge in [0.1, 0.15) is 0 Å². The first-order valence-electron chi connectivity index (χ1n) is 5.17. The predicted molar refractivity (Wildman–Crippen MR) is 66.2 cm³/mol. The Hall–Kier alpha value is -1.46. The van der Waals surface area contributed by atoms with E-state index >= 15 is 0 Å². The zero-order valence-electron chi connectivity index (χ0n) is 9.00. The van der Waals surface area contributed by atoms with Crippen molar-refractivity contribution in [3.8, 4) is 12.3 Å². The Bertz CT molecular complexity index is 378. The molecular formula is C13H14ClNO. The highest BCUT2D eigenvalue weighted by Crippen LogP contribution is 2.09. The molecule has 0 saturated heterocycles.